The summed E-state index contributed by atoms with van der Waals surface area (Å²) in [5.41, 5.74) is 2.75. The first-order chi connectivity index (χ1) is 8.24. The highest BCUT2D eigenvalue weighted by molar-refractivity contribution is 7.71. The van der Waals surface area contributed by atoms with E-state index < -0.39 is 0 Å². The van der Waals surface area contributed by atoms with E-state index in [1.165, 1.54) is 0 Å². The van der Waals surface area contributed by atoms with Crippen LogP contribution in [0.1, 0.15) is 5.69 Å². The molecule has 2 heterocycles. The van der Waals surface area contributed by atoms with E-state index in [0.29, 0.717) is 16.3 Å². The molecule has 4 nitrogen and oxygen atoms in total. The lowest BCUT2D eigenvalue weighted by atomic mass is 10.3. The van der Waals surface area contributed by atoms with Crippen LogP contribution in [-0.4, -0.2) is 14.7 Å². The van der Waals surface area contributed by atoms with Gasteiger partial charge in [0.05, 0.1) is 17.6 Å². The summed E-state index contributed by atoms with van der Waals surface area (Å²) in [5.74, 6) is 0. The summed E-state index contributed by atoms with van der Waals surface area (Å²) < 4.78 is 7.41. The van der Waals surface area contributed by atoms with Gasteiger partial charge in [-0.1, -0.05) is 16.8 Å². The Bertz CT molecular complexity index is 714. The van der Waals surface area contributed by atoms with Gasteiger partial charge in [-0.15, -0.1) is 0 Å². The molecule has 6 heteroatoms. The van der Waals surface area contributed by atoms with Gasteiger partial charge in [0.25, 0.3) is 0 Å². The van der Waals surface area contributed by atoms with Crippen molar-refractivity contribution in [2.45, 2.75) is 6.54 Å². The molecule has 0 bridgehead atoms. The number of fused-ring (bicyclic) bond motifs is 1. The van der Waals surface area contributed by atoms with E-state index in [1.54, 1.807) is 6.26 Å². The number of H-pyrrole nitrogens is 1. The summed E-state index contributed by atoms with van der Waals surface area (Å²) in [4.78, 5) is 3.12. The highest BCUT2D eigenvalue weighted by atomic mass is 35.5. The monoisotopic (exact) mass is 265 g/mol. The summed E-state index contributed by atoms with van der Waals surface area (Å²) >= 11 is 11.2. The highest BCUT2D eigenvalue weighted by Gasteiger charge is 2.06. The van der Waals surface area contributed by atoms with Crippen molar-refractivity contribution in [1.82, 2.24) is 14.7 Å². The van der Waals surface area contributed by atoms with Crippen LogP contribution in [0.5, 0.6) is 0 Å². The Morgan fingerprint density at radius 2 is 2.29 bits per heavy atom. The van der Waals surface area contributed by atoms with Gasteiger partial charge in [0.15, 0.2) is 4.77 Å². The predicted octanol–water partition coefficient (Wildman–Crippen LogP) is 3.39. The summed E-state index contributed by atoms with van der Waals surface area (Å²) in [5, 5.41) is 4.56. The fraction of sp³-hybridized carbons (Fsp3) is 0.0909. The molecule has 1 N–H and O–H groups in total. The van der Waals surface area contributed by atoms with Crippen LogP contribution in [0.2, 0.25) is 5.02 Å². The van der Waals surface area contributed by atoms with Crippen LogP contribution in [-0.2, 0) is 6.54 Å². The number of nitrogens with zero attached hydrogens (tertiary/aromatic N) is 2. The quantitative estimate of drug-likeness (QED) is 0.723. The maximum absolute atomic E-state index is 5.93. The molecule has 0 unspecified atom stereocenters. The van der Waals surface area contributed by atoms with Crippen LogP contribution in [0.25, 0.3) is 11.0 Å². The molecule has 0 fully saturated rings. The number of aromatic nitrogens is 3. The van der Waals surface area contributed by atoms with Gasteiger partial charge in [-0.25, -0.2) is 0 Å². The minimum Gasteiger partial charge on any atom is -0.364 e. The minimum absolute atomic E-state index is 0.580. The lowest BCUT2D eigenvalue weighted by molar-refractivity contribution is 0.410. The topological polar surface area (TPSA) is 46.8 Å². The van der Waals surface area contributed by atoms with Gasteiger partial charge in [-0.2, -0.15) is 0 Å². The Kier molecular flexibility index (Phi) is 2.49. The van der Waals surface area contributed by atoms with Gasteiger partial charge >= 0.3 is 0 Å². The number of nitrogens with one attached hydrogen (secondary N) is 1. The average molecular weight is 266 g/mol. The summed E-state index contributed by atoms with van der Waals surface area (Å²) in [6.07, 6.45) is 1.55. The molecule has 1 aromatic carbocycles. The largest absolute Gasteiger partial charge is 0.364 e. The Labute approximate surface area is 107 Å². The molecule has 0 spiro atoms. The summed E-state index contributed by atoms with van der Waals surface area (Å²) in [6.45, 7) is 0.580. The molecule has 17 heavy (non-hydrogen) atoms. The van der Waals surface area contributed by atoms with E-state index >= 15 is 0 Å². The first kappa shape index (κ1) is 10.6. The number of hydrogen-bond acceptors (Lipinski definition) is 3. The fourth-order valence-corrected chi connectivity index (χ4v) is 2.22. The third-order valence-electron chi connectivity index (χ3n) is 2.55. The van der Waals surface area contributed by atoms with Crippen molar-refractivity contribution < 1.29 is 4.52 Å². The molecule has 0 saturated heterocycles. The second-order valence-corrected chi connectivity index (χ2v) is 4.49. The molecule has 0 radical (unpaired) electrons. The first-order valence-corrected chi connectivity index (χ1v) is 5.80. The highest BCUT2D eigenvalue weighted by Crippen LogP contribution is 2.19. The Morgan fingerprint density at radius 3 is 3.06 bits per heavy atom. The maximum Gasteiger partial charge on any atom is 0.178 e. The van der Waals surface area contributed by atoms with E-state index in [9.17, 15) is 0 Å². The van der Waals surface area contributed by atoms with E-state index in [1.807, 2.05) is 28.8 Å². The standard InChI is InChI=1S/C11H8ClN3OS/c12-7-1-2-10-9(5-7)13-11(17)15(10)6-8-3-4-16-14-8/h1-5H,6H2,(H,13,17). The lowest BCUT2D eigenvalue weighted by Crippen LogP contribution is -1.99. The van der Waals surface area contributed by atoms with E-state index in [-0.39, 0.29) is 0 Å². The third-order valence-corrected chi connectivity index (χ3v) is 3.11. The molecular weight excluding hydrogens is 258 g/mol. The number of halogens is 1. The van der Waals surface area contributed by atoms with Gasteiger partial charge in [-0.3, -0.25) is 0 Å². The predicted molar refractivity (Wildman–Crippen MR) is 67.7 cm³/mol. The average Bonchev–Trinajstić information content (AvgIpc) is 2.88. The molecule has 0 amide bonds. The molecule has 2 aromatic heterocycles. The number of benzene rings is 1. The molecule has 0 aliphatic carbocycles. The van der Waals surface area contributed by atoms with Gasteiger partial charge in [0.2, 0.25) is 0 Å². The SMILES string of the molecule is S=c1[nH]c2cc(Cl)ccc2n1Cc1ccon1. The maximum atomic E-state index is 5.93. The fourth-order valence-electron chi connectivity index (χ4n) is 1.77. The van der Waals surface area contributed by atoms with Gasteiger partial charge < -0.3 is 14.1 Å². The van der Waals surface area contributed by atoms with Crippen molar-refractivity contribution in [1.29, 1.82) is 0 Å². The van der Waals surface area contributed by atoms with Crippen LogP contribution >= 0.6 is 23.8 Å². The molecule has 0 aliphatic rings. The van der Waals surface area contributed by atoms with Crippen molar-refractivity contribution in [3.8, 4) is 0 Å². The molecule has 0 aliphatic heterocycles. The van der Waals surface area contributed by atoms with Gasteiger partial charge in [0.1, 0.15) is 12.0 Å². The molecule has 86 valence electrons. The normalized spacial score (nSPS) is 11.1. The van der Waals surface area contributed by atoms with Crippen LogP contribution in [0, 0.1) is 4.77 Å². The molecule has 3 aromatic rings. The van der Waals surface area contributed by atoms with Crippen LogP contribution in [0.15, 0.2) is 35.1 Å². The Balaban J connectivity index is 2.16. The van der Waals surface area contributed by atoms with Gasteiger partial charge in [-0.05, 0) is 30.4 Å². The summed E-state index contributed by atoms with van der Waals surface area (Å²) in [7, 11) is 0. The number of imidazole rings is 1. The van der Waals surface area contributed by atoms with Crippen molar-refractivity contribution >= 4 is 34.9 Å². The third kappa shape index (κ3) is 1.87. The minimum atomic E-state index is 0.580. The second-order valence-electron chi connectivity index (χ2n) is 3.67. The first-order valence-electron chi connectivity index (χ1n) is 5.01. The van der Waals surface area contributed by atoms with Crippen molar-refractivity contribution in [3.63, 3.8) is 0 Å². The van der Waals surface area contributed by atoms with Crippen LogP contribution in [0.3, 0.4) is 0 Å². The zero-order valence-corrected chi connectivity index (χ0v) is 10.3. The zero-order chi connectivity index (χ0) is 11.8. The smallest absolute Gasteiger partial charge is 0.178 e. The number of aromatic amines is 1. The molecule has 3 rings (SSSR count). The van der Waals surface area contributed by atoms with Crippen molar-refractivity contribution in [2.75, 3.05) is 0 Å². The zero-order valence-electron chi connectivity index (χ0n) is 8.68. The number of rotatable bonds is 2. The molecule has 0 atom stereocenters. The summed E-state index contributed by atoms with van der Waals surface area (Å²) in [6, 6.07) is 7.44. The lowest BCUT2D eigenvalue weighted by Gasteiger charge is -2.00. The van der Waals surface area contributed by atoms with E-state index in [2.05, 4.69) is 10.1 Å². The van der Waals surface area contributed by atoms with Crippen molar-refractivity contribution in [3.05, 3.63) is 46.0 Å². The second kappa shape index (κ2) is 4.01. The van der Waals surface area contributed by atoms with Crippen LogP contribution < -0.4 is 0 Å². The molecule has 0 saturated carbocycles. The van der Waals surface area contributed by atoms with Crippen molar-refractivity contribution in [2.24, 2.45) is 0 Å². The Hall–Kier alpha value is -1.59. The Morgan fingerprint density at radius 1 is 1.41 bits per heavy atom. The number of hydrogen-bond donors (Lipinski definition) is 1. The molecular formula is C11H8ClN3OS. The van der Waals surface area contributed by atoms with Crippen LogP contribution in [0.4, 0.5) is 0 Å². The van der Waals surface area contributed by atoms with E-state index in [4.69, 9.17) is 28.3 Å². The van der Waals surface area contributed by atoms with Gasteiger partial charge in [0, 0.05) is 11.1 Å². The van der Waals surface area contributed by atoms with E-state index in [0.717, 1.165) is 16.7 Å².